The first-order valence-corrected chi connectivity index (χ1v) is 4.64. The number of amides is 1. The van der Waals surface area contributed by atoms with Crippen LogP contribution in [0, 0.1) is 6.92 Å². The first kappa shape index (κ1) is 12.0. The van der Waals surface area contributed by atoms with Crippen molar-refractivity contribution in [3.8, 4) is 0 Å². The second-order valence-corrected chi connectivity index (χ2v) is 3.34. The number of aromatic nitrogens is 1. The zero-order chi connectivity index (χ0) is 12.1. The van der Waals surface area contributed by atoms with E-state index >= 15 is 0 Å². The smallest absolute Gasteiger partial charge is 0.322 e. The Bertz CT molecular complexity index is 464. The van der Waals surface area contributed by atoms with E-state index in [0.29, 0.717) is 0 Å². The van der Waals surface area contributed by atoms with Crippen LogP contribution < -0.4 is 10.9 Å². The summed E-state index contributed by atoms with van der Waals surface area (Å²) in [6, 6.07) is 3.11. The first-order valence-electron chi connectivity index (χ1n) is 4.64. The van der Waals surface area contributed by atoms with Gasteiger partial charge in [0, 0.05) is 12.3 Å². The van der Waals surface area contributed by atoms with E-state index in [0.717, 1.165) is 5.56 Å². The molecule has 0 aromatic carbocycles. The lowest BCUT2D eigenvalue weighted by molar-refractivity contribution is -0.138. The average Bonchev–Trinajstić information content (AvgIpc) is 2.19. The molecule has 0 aliphatic rings. The van der Waals surface area contributed by atoms with Gasteiger partial charge in [0.05, 0.1) is 0 Å². The molecule has 0 fully saturated rings. The minimum Gasteiger partial charge on any atom is -0.480 e. The van der Waals surface area contributed by atoms with E-state index in [1.165, 1.54) is 16.8 Å². The number of nitrogens with one attached hydrogen (secondary N) is 1. The molecule has 16 heavy (non-hydrogen) atoms. The zero-order valence-electron chi connectivity index (χ0n) is 8.77. The molecule has 0 atom stereocenters. The van der Waals surface area contributed by atoms with Gasteiger partial charge >= 0.3 is 5.97 Å². The molecule has 0 saturated carbocycles. The molecule has 0 unspecified atom stereocenters. The van der Waals surface area contributed by atoms with Gasteiger partial charge in [-0.25, -0.2) is 0 Å². The Balaban J connectivity index is 2.63. The molecule has 2 N–H and O–H groups in total. The summed E-state index contributed by atoms with van der Waals surface area (Å²) in [4.78, 5) is 32.8. The van der Waals surface area contributed by atoms with E-state index in [1.54, 1.807) is 13.0 Å². The summed E-state index contributed by atoms with van der Waals surface area (Å²) < 4.78 is 1.21. The van der Waals surface area contributed by atoms with Crippen LogP contribution in [-0.2, 0) is 16.1 Å². The fourth-order valence-corrected chi connectivity index (χ4v) is 1.12. The topological polar surface area (TPSA) is 88.4 Å². The number of pyridine rings is 1. The second kappa shape index (κ2) is 5.11. The SMILES string of the molecule is Cc1ccn(CC(=O)NCC(=O)O)c(=O)c1. The number of aliphatic carboxylic acids is 1. The van der Waals surface area contributed by atoms with E-state index in [4.69, 9.17) is 5.11 Å². The number of rotatable bonds is 4. The molecular weight excluding hydrogens is 212 g/mol. The van der Waals surface area contributed by atoms with Gasteiger partial charge in [-0.1, -0.05) is 0 Å². The van der Waals surface area contributed by atoms with Crippen molar-refractivity contribution in [2.24, 2.45) is 0 Å². The largest absolute Gasteiger partial charge is 0.480 e. The number of nitrogens with zero attached hydrogens (tertiary/aromatic N) is 1. The molecular formula is C10H12N2O4. The van der Waals surface area contributed by atoms with Crippen LogP contribution >= 0.6 is 0 Å². The fourth-order valence-electron chi connectivity index (χ4n) is 1.12. The highest BCUT2D eigenvalue weighted by atomic mass is 16.4. The number of carboxylic acids is 1. The minimum absolute atomic E-state index is 0.174. The van der Waals surface area contributed by atoms with E-state index in [-0.39, 0.29) is 12.1 Å². The molecule has 0 saturated heterocycles. The maximum atomic E-state index is 11.4. The Hall–Kier alpha value is -2.11. The van der Waals surface area contributed by atoms with Gasteiger partial charge in [0.2, 0.25) is 5.91 Å². The number of hydrogen-bond donors (Lipinski definition) is 2. The lowest BCUT2D eigenvalue weighted by atomic mass is 10.3. The number of carbonyl (C=O) groups excluding carboxylic acids is 1. The molecule has 0 aliphatic heterocycles. The summed E-state index contributed by atoms with van der Waals surface area (Å²) in [6.45, 7) is 1.15. The highest BCUT2D eigenvalue weighted by Gasteiger charge is 2.05. The van der Waals surface area contributed by atoms with Crippen molar-refractivity contribution in [1.29, 1.82) is 0 Å². The summed E-state index contributed by atoms with van der Waals surface area (Å²) in [5, 5.41) is 10.5. The third-order valence-electron chi connectivity index (χ3n) is 1.90. The van der Waals surface area contributed by atoms with Gasteiger partial charge < -0.3 is 15.0 Å². The summed E-state index contributed by atoms with van der Waals surface area (Å²) in [5.74, 6) is -1.63. The average molecular weight is 224 g/mol. The van der Waals surface area contributed by atoms with Crippen LogP contribution in [0.3, 0.4) is 0 Å². The van der Waals surface area contributed by atoms with E-state index < -0.39 is 18.4 Å². The maximum Gasteiger partial charge on any atom is 0.322 e. The molecule has 1 aromatic rings. The zero-order valence-corrected chi connectivity index (χ0v) is 8.77. The summed E-state index contributed by atoms with van der Waals surface area (Å²) in [6.07, 6.45) is 1.50. The van der Waals surface area contributed by atoms with Gasteiger partial charge in [-0.2, -0.15) is 0 Å². The van der Waals surface area contributed by atoms with Crippen molar-refractivity contribution in [3.63, 3.8) is 0 Å². The number of carbonyl (C=O) groups is 2. The van der Waals surface area contributed by atoms with Crippen molar-refractivity contribution in [3.05, 3.63) is 34.2 Å². The number of hydrogen-bond acceptors (Lipinski definition) is 3. The highest BCUT2D eigenvalue weighted by molar-refractivity contribution is 5.80. The van der Waals surface area contributed by atoms with Gasteiger partial charge in [0.15, 0.2) is 0 Å². The van der Waals surface area contributed by atoms with Crippen LogP contribution in [0.4, 0.5) is 0 Å². The molecule has 0 aliphatic carbocycles. The Kier molecular flexibility index (Phi) is 3.82. The number of carboxylic acid groups (broad SMARTS) is 1. The lowest BCUT2D eigenvalue weighted by Gasteiger charge is -2.05. The van der Waals surface area contributed by atoms with Crippen molar-refractivity contribution < 1.29 is 14.7 Å². The molecule has 1 rings (SSSR count). The second-order valence-electron chi connectivity index (χ2n) is 3.34. The molecule has 6 nitrogen and oxygen atoms in total. The summed E-state index contributed by atoms with van der Waals surface area (Å²) in [7, 11) is 0. The number of aryl methyl sites for hydroxylation is 1. The third-order valence-corrected chi connectivity index (χ3v) is 1.90. The molecule has 0 spiro atoms. The minimum atomic E-state index is -1.12. The van der Waals surface area contributed by atoms with Crippen molar-refractivity contribution in [2.45, 2.75) is 13.5 Å². The van der Waals surface area contributed by atoms with Gasteiger partial charge in [0.1, 0.15) is 13.1 Å². The predicted molar refractivity (Wildman–Crippen MR) is 56.1 cm³/mol. The molecule has 86 valence electrons. The van der Waals surface area contributed by atoms with Gasteiger partial charge in [-0.3, -0.25) is 14.4 Å². The fraction of sp³-hybridized carbons (Fsp3) is 0.300. The van der Waals surface area contributed by atoms with Crippen molar-refractivity contribution in [2.75, 3.05) is 6.54 Å². The van der Waals surface area contributed by atoms with Gasteiger partial charge in [-0.05, 0) is 18.6 Å². The monoisotopic (exact) mass is 224 g/mol. The van der Waals surface area contributed by atoms with E-state index in [2.05, 4.69) is 5.32 Å². The normalized spacial score (nSPS) is 9.81. The molecule has 1 aromatic heterocycles. The summed E-state index contributed by atoms with van der Waals surface area (Å²) >= 11 is 0. The Labute approximate surface area is 91.5 Å². The molecule has 1 heterocycles. The van der Waals surface area contributed by atoms with Gasteiger partial charge in [0.25, 0.3) is 5.56 Å². The van der Waals surface area contributed by atoms with Gasteiger partial charge in [-0.15, -0.1) is 0 Å². The van der Waals surface area contributed by atoms with E-state index in [9.17, 15) is 14.4 Å². The van der Waals surface area contributed by atoms with Crippen molar-refractivity contribution in [1.82, 2.24) is 9.88 Å². The van der Waals surface area contributed by atoms with Crippen LogP contribution in [0.5, 0.6) is 0 Å². The van der Waals surface area contributed by atoms with Crippen LogP contribution in [0.25, 0.3) is 0 Å². The van der Waals surface area contributed by atoms with Crippen LogP contribution in [-0.4, -0.2) is 28.1 Å². The standard InChI is InChI=1S/C10H12N2O4/c1-7-2-3-12(9(14)4-7)6-8(13)11-5-10(15)16/h2-4H,5-6H2,1H3,(H,11,13)(H,15,16). The molecule has 0 bridgehead atoms. The Morgan fingerprint density at radius 1 is 1.50 bits per heavy atom. The quantitative estimate of drug-likeness (QED) is 0.711. The molecule has 1 amide bonds. The van der Waals surface area contributed by atoms with Crippen LogP contribution in [0.2, 0.25) is 0 Å². The lowest BCUT2D eigenvalue weighted by Crippen LogP contribution is -2.34. The maximum absolute atomic E-state index is 11.4. The first-order chi connectivity index (χ1) is 7.49. The predicted octanol–water partition coefficient (Wildman–Crippen LogP) is -0.642. The Morgan fingerprint density at radius 2 is 2.19 bits per heavy atom. The van der Waals surface area contributed by atoms with E-state index in [1.807, 2.05) is 0 Å². The molecule has 0 radical (unpaired) electrons. The molecule has 6 heteroatoms. The third kappa shape index (κ3) is 3.56. The Morgan fingerprint density at radius 3 is 2.75 bits per heavy atom. The highest BCUT2D eigenvalue weighted by Crippen LogP contribution is 1.90. The van der Waals surface area contributed by atoms with Crippen molar-refractivity contribution >= 4 is 11.9 Å². The van der Waals surface area contributed by atoms with Crippen LogP contribution in [0.1, 0.15) is 5.56 Å². The van der Waals surface area contributed by atoms with Crippen LogP contribution in [0.15, 0.2) is 23.1 Å². The summed E-state index contributed by atoms with van der Waals surface area (Å²) in [5.41, 5.74) is 0.526.